The highest BCUT2D eigenvalue weighted by atomic mass is 35.5. The minimum atomic E-state index is -0.528. The summed E-state index contributed by atoms with van der Waals surface area (Å²) in [5.74, 6) is -0.777. The van der Waals surface area contributed by atoms with E-state index in [1.165, 1.54) is 14.2 Å². The van der Waals surface area contributed by atoms with Crippen LogP contribution < -0.4 is 5.32 Å². The Hall–Kier alpha value is -0.560. The Bertz CT molecular complexity index is 260. The Morgan fingerprint density at radius 1 is 1.17 bits per heavy atom. The third kappa shape index (κ3) is 5.86. The quantitative estimate of drug-likeness (QED) is 0.728. The highest BCUT2D eigenvalue weighted by Crippen LogP contribution is 2.08. The second-order valence-electron chi connectivity index (χ2n) is 3.61. The van der Waals surface area contributed by atoms with E-state index in [-0.39, 0.29) is 37.2 Å². The SMILES string of the molecule is COC(=O)CC(C(=O)OC)N1CCNCC1.Cl.Cl. The van der Waals surface area contributed by atoms with Gasteiger partial charge < -0.3 is 14.8 Å². The fourth-order valence-electron chi connectivity index (χ4n) is 1.73. The lowest BCUT2D eigenvalue weighted by Crippen LogP contribution is -2.52. The van der Waals surface area contributed by atoms with Gasteiger partial charge in [0.05, 0.1) is 20.6 Å². The third-order valence-electron chi connectivity index (χ3n) is 2.65. The van der Waals surface area contributed by atoms with Crippen LogP contribution in [0.15, 0.2) is 0 Å². The highest BCUT2D eigenvalue weighted by Gasteiger charge is 2.30. The van der Waals surface area contributed by atoms with Gasteiger partial charge in [-0.3, -0.25) is 14.5 Å². The zero-order chi connectivity index (χ0) is 12.0. The fourth-order valence-corrected chi connectivity index (χ4v) is 1.73. The third-order valence-corrected chi connectivity index (χ3v) is 2.65. The zero-order valence-corrected chi connectivity index (χ0v) is 12.1. The maximum absolute atomic E-state index is 11.6. The average molecular weight is 303 g/mol. The van der Waals surface area contributed by atoms with Crippen LogP contribution in [-0.2, 0) is 19.1 Å². The fraction of sp³-hybridized carbons (Fsp3) is 0.800. The first-order valence-corrected chi connectivity index (χ1v) is 5.28. The van der Waals surface area contributed by atoms with Crippen molar-refractivity contribution in [2.45, 2.75) is 12.5 Å². The number of methoxy groups -OCH3 is 2. The van der Waals surface area contributed by atoms with Gasteiger partial charge in [0.15, 0.2) is 0 Å². The number of hydrogen-bond donors (Lipinski definition) is 1. The van der Waals surface area contributed by atoms with Gasteiger partial charge in [-0.15, -0.1) is 24.8 Å². The molecule has 108 valence electrons. The molecule has 0 aromatic rings. The monoisotopic (exact) mass is 302 g/mol. The second-order valence-corrected chi connectivity index (χ2v) is 3.61. The molecule has 0 bridgehead atoms. The second kappa shape index (κ2) is 10.4. The summed E-state index contributed by atoms with van der Waals surface area (Å²) in [7, 11) is 2.64. The smallest absolute Gasteiger partial charge is 0.323 e. The normalized spacial score (nSPS) is 16.8. The van der Waals surface area contributed by atoms with Gasteiger partial charge >= 0.3 is 11.9 Å². The molecule has 1 unspecified atom stereocenters. The number of piperazine rings is 1. The van der Waals surface area contributed by atoms with Gasteiger partial charge in [0.2, 0.25) is 0 Å². The number of halogens is 2. The van der Waals surface area contributed by atoms with Gasteiger partial charge in [-0.05, 0) is 0 Å². The molecular formula is C10H20Cl2N2O4. The van der Waals surface area contributed by atoms with Crippen LogP contribution in [0.1, 0.15) is 6.42 Å². The molecule has 1 rings (SSSR count). The van der Waals surface area contributed by atoms with Crippen LogP contribution in [0.3, 0.4) is 0 Å². The predicted molar refractivity (Wildman–Crippen MR) is 71.4 cm³/mol. The lowest BCUT2D eigenvalue weighted by atomic mass is 10.1. The average Bonchev–Trinajstić information content (AvgIpc) is 2.35. The molecule has 1 N–H and O–H groups in total. The van der Waals surface area contributed by atoms with Crippen LogP contribution in [0.4, 0.5) is 0 Å². The molecule has 1 atom stereocenters. The molecule has 0 amide bonds. The van der Waals surface area contributed by atoms with Crippen molar-refractivity contribution in [1.29, 1.82) is 0 Å². The number of esters is 2. The summed E-state index contributed by atoms with van der Waals surface area (Å²) in [6.07, 6.45) is 0.0448. The first-order chi connectivity index (χ1) is 7.69. The summed E-state index contributed by atoms with van der Waals surface area (Å²) in [6, 6.07) is -0.528. The van der Waals surface area contributed by atoms with Gasteiger partial charge in [0.1, 0.15) is 6.04 Å². The molecule has 1 fully saturated rings. The van der Waals surface area contributed by atoms with E-state index in [4.69, 9.17) is 4.74 Å². The van der Waals surface area contributed by atoms with E-state index in [1.807, 2.05) is 4.90 Å². The van der Waals surface area contributed by atoms with E-state index < -0.39 is 12.0 Å². The minimum Gasteiger partial charge on any atom is -0.469 e. The maximum atomic E-state index is 11.6. The number of carbonyl (C=O) groups is 2. The van der Waals surface area contributed by atoms with Gasteiger partial charge in [0, 0.05) is 26.2 Å². The molecule has 1 aliphatic heterocycles. The van der Waals surface area contributed by atoms with Crippen LogP contribution >= 0.6 is 24.8 Å². The van der Waals surface area contributed by atoms with E-state index in [0.29, 0.717) is 0 Å². The maximum Gasteiger partial charge on any atom is 0.323 e. The molecule has 0 aromatic heterocycles. The first kappa shape index (κ1) is 19.8. The summed E-state index contributed by atoms with van der Waals surface area (Å²) in [5.41, 5.74) is 0. The Labute approximate surface area is 119 Å². The Kier molecular flexibility index (Phi) is 11.4. The first-order valence-electron chi connectivity index (χ1n) is 5.28. The molecule has 1 saturated heterocycles. The van der Waals surface area contributed by atoms with E-state index in [9.17, 15) is 9.59 Å². The van der Waals surface area contributed by atoms with Crippen molar-refractivity contribution in [2.75, 3.05) is 40.4 Å². The van der Waals surface area contributed by atoms with E-state index in [0.717, 1.165) is 26.2 Å². The summed E-state index contributed by atoms with van der Waals surface area (Å²) in [6.45, 7) is 3.09. The van der Waals surface area contributed by atoms with E-state index in [1.54, 1.807) is 0 Å². The van der Waals surface area contributed by atoms with Crippen molar-refractivity contribution in [2.24, 2.45) is 0 Å². The standard InChI is InChI=1S/C10H18N2O4.2ClH/c1-15-9(13)7-8(10(14)16-2)12-5-3-11-4-6-12;;/h8,11H,3-7H2,1-2H3;2*1H. The van der Waals surface area contributed by atoms with Crippen molar-refractivity contribution in [3.8, 4) is 0 Å². The Morgan fingerprint density at radius 3 is 2.17 bits per heavy atom. The van der Waals surface area contributed by atoms with Gasteiger partial charge in [-0.2, -0.15) is 0 Å². The minimum absolute atomic E-state index is 0. The molecular weight excluding hydrogens is 283 g/mol. The molecule has 0 spiro atoms. The van der Waals surface area contributed by atoms with Gasteiger partial charge in [0.25, 0.3) is 0 Å². The zero-order valence-electron chi connectivity index (χ0n) is 10.5. The molecule has 1 heterocycles. The largest absolute Gasteiger partial charge is 0.469 e. The van der Waals surface area contributed by atoms with Crippen molar-refractivity contribution in [1.82, 2.24) is 10.2 Å². The van der Waals surface area contributed by atoms with Crippen LogP contribution in [-0.4, -0.2) is 63.3 Å². The van der Waals surface area contributed by atoms with Crippen molar-refractivity contribution < 1.29 is 19.1 Å². The van der Waals surface area contributed by atoms with Gasteiger partial charge in [-0.1, -0.05) is 0 Å². The van der Waals surface area contributed by atoms with Crippen molar-refractivity contribution in [3.05, 3.63) is 0 Å². The molecule has 0 aromatic carbocycles. The molecule has 0 saturated carbocycles. The van der Waals surface area contributed by atoms with Crippen LogP contribution in [0, 0.1) is 0 Å². The molecule has 8 heteroatoms. The number of nitrogens with one attached hydrogen (secondary N) is 1. The van der Waals surface area contributed by atoms with E-state index >= 15 is 0 Å². The number of carbonyl (C=O) groups excluding carboxylic acids is 2. The molecule has 0 radical (unpaired) electrons. The number of hydrogen-bond acceptors (Lipinski definition) is 6. The number of nitrogens with zero attached hydrogens (tertiary/aromatic N) is 1. The lowest BCUT2D eigenvalue weighted by molar-refractivity contribution is -0.153. The summed E-state index contributed by atoms with van der Waals surface area (Å²) >= 11 is 0. The molecule has 1 aliphatic rings. The van der Waals surface area contributed by atoms with Crippen molar-refractivity contribution in [3.63, 3.8) is 0 Å². The number of ether oxygens (including phenoxy) is 2. The summed E-state index contributed by atoms with van der Waals surface area (Å²) in [4.78, 5) is 24.7. The Morgan fingerprint density at radius 2 is 1.72 bits per heavy atom. The van der Waals surface area contributed by atoms with Crippen LogP contribution in [0.5, 0.6) is 0 Å². The van der Waals surface area contributed by atoms with Crippen molar-refractivity contribution >= 4 is 36.8 Å². The van der Waals surface area contributed by atoms with Gasteiger partial charge in [-0.25, -0.2) is 0 Å². The highest BCUT2D eigenvalue weighted by molar-refractivity contribution is 5.85. The molecule has 18 heavy (non-hydrogen) atoms. The Balaban J connectivity index is 0. The van der Waals surface area contributed by atoms with Crippen LogP contribution in [0.25, 0.3) is 0 Å². The molecule has 6 nitrogen and oxygen atoms in total. The topological polar surface area (TPSA) is 67.9 Å². The summed E-state index contributed by atoms with van der Waals surface area (Å²) in [5, 5.41) is 3.18. The predicted octanol–water partition coefficient (Wildman–Crippen LogP) is -0.160. The number of rotatable bonds is 4. The summed E-state index contributed by atoms with van der Waals surface area (Å²) < 4.78 is 9.28. The van der Waals surface area contributed by atoms with Crippen LogP contribution in [0.2, 0.25) is 0 Å². The molecule has 0 aliphatic carbocycles. The lowest BCUT2D eigenvalue weighted by Gasteiger charge is -2.32. The van der Waals surface area contributed by atoms with E-state index in [2.05, 4.69) is 10.1 Å².